The van der Waals surface area contributed by atoms with Gasteiger partial charge in [-0.1, -0.05) is 39.5 Å². The second kappa shape index (κ2) is 18.1. The van der Waals surface area contributed by atoms with Gasteiger partial charge < -0.3 is 20.2 Å². The SMILES string of the molecule is CCCCCSCCC(=O)N=C1C2=C3C(=C/C1=C1/C(=O)C(c4cc5c6c(c4NC(=O)CCSCCCCC)CCCN6CCC5)=C1O)CCCN3CCC2. The van der Waals surface area contributed by atoms with Crippen LogP contribution in [-0.4, -0.2) is 82.5 Å². The smallest absolute Gasteiger partial charge is 0.247 e. The zero-order chi connectivity index (χ0) is 37.6. The molecule has 54 heavy (non-hydrogen) atoms. The number of carbonyl (C=O) groups is 3. The van der Waals surface area contributed by atoms with Crippen molar-refractivity contribution < 1.29 is 19.5 Å². The summed E-state index contributed by atoms with van der Waals surface area (Å²) in [7, 11) is 0. The van der Waals surface area contributed by atoms with E-state index in [1.54, 1.807) is 11.8 Å². The van der Waals surface area contributed by atoms with Gasteiger partial charge in [0.15, 0.2) is 0 Å². The molecular formula is C44H58N4O4S2. The summed E-state index contributed by atoms with van der Waals surface area (Å²) in [6.07, 6.45) is 17.3. The van der Waals surface area contributed by atoms with Gasteiger partial charge in [-0.3, -0.25) is 14.4 Å². The first-order valence-corrected chi connectivity index (χ1v) is 23.1. The lowest BCUT2D eigenvalue weighted by Crippen LogP contribution is -2.38. The molecule has 0 spiro atoms. The highest BCUT2D eigenvalue weighted by Gasteiger charge is 2.43. The first-order chi connectivity index (χ1) is 26.4. The number of amides is 2. The summed E-state index contributed by atoms with van der Waals surface area (Å²) in [4.78, 5) is 51.3. The van der Waals surface area contributed by atoms with Crippen molar-refractivity contribution in [2.75, 3.05) is 59.4 Å². The molecule has 6 aliphatic rings. The van der Waals surface area contributed by atoms with Crippen LogP contribution in [0, 0.1) is 0 Å². The lowest BCUT2D eigenvalue weighted by atomic mass is 9.73. The number of aliphatic hydroxyl groups is 1. The molecule has 0 aromatic heterocycles. The summed E-state index contributed by atoms with van der Waals surface area (Å²) >= 11 is 3.62. The lowest BCUT2D eigenvalue weighted by Gasteiger charge is -2.42. The Balaban J connectivity index is 1.25. The molecule has 2 amide bonds. The summed E-state index contributed by atoms with van der Waals surface area (Å²) in [5.74, 6) is 3.06. The number of Topliss-reactive ketones (excluding diaryl/α,β-unsaturated/α-hetero) is 1. The molecule has 2 aliphatic carbocycles. The van der Waals surface area contributed by atoms with Crippen molar-refractivity contribution in [1.82, 2.24) is 4.90 Å². The number of piperidine rings is 1. The van der Waals surface area contributed by atoms with Gasteiger partial charge in [0.1, 0.15) is 5.76 Å². The third-order valence-corrected chi connectivity index (χ3v) is 13.8. The zero-order valence-electron chi connectivity index (χ0n) is 32.5. The maximum atomic E-state index is 14.6. The number of ketones is 1. The number of aliphatic hydroxyl groups excluding tert-OH is 1. The fourth-order valence-corrected chi connectivity index (χ4v) is 11.0. The van der Waals surface area contributed by atoms with Crippen LogP contribution in [0.3, 0.4) is 0 Å². The monoisotopic (exact) mass is 770 g/mol. The van der Waals surface area contributed by atoms with Gasteiger partial charge in [0.25, 0.3) is 0 Å². The average Bonchev–Trinajstić information content (AvgIpc) is 3.17. The summed E-state index contributed by atoms with van der Waals surface area (Å²) in [6.45, 7) is 8.35. The van der Waals surface area contributed by atoms with Crippen molar-refractivity contribution in [1.29, 1.82) is 0 Å². The first kappa shape index (κ1) is 39.0. The predicted molar refractivity (Wildman–Crippen MR) is 226 cm³/mol. The summed E-state index contributed by atoms with van der Waals surface area (Å²) in [5.41, 5.74) is 9.85. The van der Waals surface area contributed by atoms with Crippen LogP contribution in [0.15, 0.2) is 50.9 Å². The first-order valence-electron chi connectivity index (χ1n) is 20.8. The second-order valence-corrected chi connectivity index (χ2v) is 18.0. The van der Waals surface area contributed by atoms with E-state index >= 15 is 0 Å². The molecular weight excluding hydrogens is 713 g/mol. The van der Waals surface area contributed by atoms with Gasteiger partial charge in [0.05, 0.1) is 22.5 Å². The average molecular weight is 771 g/mol. The number of nitrogens with one attached hydrogen (secondary N) is 1. The number of nitrogens with zero attached hydrogens (tertiary/aromatic N) is 3. The summed E-state index contributed by atoms with van der Waals surface area (Å²) in [6, 6.07) is 2.06. The molecule has 7 rings (SSSR count). The van der Waals surface area contributed by atoms with Gasteiger partial charge in [-0.05, 0) is 105 Å². The number of aryl methyl sites for hydroxylation is 1. The summed E-state index contributed by atoms with van der Waals surface area (Å²) < 4.78 is 0. The number of allylic oxidation sites excluding steroid dienone is 6. The van der Waals surface area contributed by atoms with Crippen LogP contribution in [0.25, 0.3) is 5.57 Å². The number of benzene rings is 1. The van der Waals surface area contributed by atoms with Crippen molar-refractivity contribution in [3.8, 4) is 0 Å². The van der Waals surface area contributed by atoms with Crippen LogP contribution in [-0.2, 0) is 27.2 Å². The second-order valence-electron chi connectivity index (χ2n) is 15.6. The Morgan fingerprint density at radius 2 is 1.48 bits per heavy atom. The Morgan fingerprint density at radius 1 is 0.815 bits per heavy atom. The third kappa shape index (κ3) is 8.16. The van der Waals surface area contributed by atoms with E-state index in [1.807, 2.05) is 17.8 Å². The Bertz CT molecular complexity index is 1820. The standard InChI is InChI=1S/C44H58N4O4S2/c1-3-5-7-23-53-25-17-35(49)45-39-31-15-11-21-47-19-9-13-29(41(31)47)27-33(39)37-43(51)38(44(37)52)34-28-30-14-10-20-48-22-12-16-32(42(30)48)40(34)46-36(50)18-26-54-24-8-6-4-2/h27-28,51H,3-26H2,1-2H3,(H,45,49)/b38-34-,46-40?. The predicted octanol–water partition coefficient (Wildman–Crippen LogP) is 9.15. The molecule has 10 heteroatoms. The minimum Gasteiger partial charge on any atom is -0.506 e. The highest BCUT2D eigenvalue weighted by molar-refractivity contribution is 7.99. The van der Waals surface area contributed by atoms with E-state index in [1.165, 1.54) is 48.2 Å². The van der Waals surface area contributed by atoms with E-state index in [0.717, 1.165) is 125 Å². The number of unbranched alkanes of at least 4 members (excludes halogenated alkanes) is 4. The minimum atomic E-state index is -0.240. The number of thioether (sulfide) groups is 2. The van der Waals surface area contributed by atoms with Gasteiger partial charge in [0, 0.05) is 78.6 Å². The molecule has 8 nitrogen and oxygen atoms in total. The molecule has 4 heterocycles. The molecule has 0 unspecified atom stereocenters. The van der Waals surface area contributed by atoms with Crippen molar-refractivity contribution in [2.24, 2.45) is 4.99 Å². The largest absolute Gasteiger partial charge is 0.506 e. The van der Waals surface area contributed by atoms with Gasteiger partial charge in [0.2, 0.25) is 17.6 Å². The number of hydrogen-bond acceptors (Lipinski definition) is 8. The number of carbonyl (C=O) groups excluding carboxylic acids is 3. The van der Waals surface area contributed by atoms with E-state index in [4.69, 9.17) is 4.99 Å². The van der Waals surface area contributed by atoms with Crippen LogP contribution < -0.4 is 10.2 Å². The van der Waals surface area contributed by atoms with Gasteiger partial charge >= 0.3 is 0 Å². The van der Waals surface area contributed by atoms with Crippen LogP contribution in [0.4, 0.5) is 11.4 Å². The van der Waals surface area contributed by atoms with Crippen LogP contribution in [0.5, 0.6) is 0 Å². The maximum absolute atomic E-state index is 14.6. The number of anilines is 2. The Hall–Kier alpha value is -3.24. The topological polar surface area (TPSA) is 102 Å². The highest BCUT2D eigenvalue weighted by Crippen LogP contribution is 2.49. The molecule has 1 saturated heterocycles. The molecule has 1 aromatic rings. The van der Waals surface area contributed by atoms with Crippen molar-refractivity contribution in [3.05, 3.63) is 62.6 Å². The Kier molecular flexibility index (Phi) is 13.1. The van der Waals surface area contributed by atoms with Crippen LogP contribution in [0.2, 0.25) is 0 Å². The van der Waals surface area contributed by atoms with Crippen molar-refractivity contribution in [2.45, 2.75) is 117 Å². The van der Waals surface area contributed by atoms with E-state index in [2.05, 4.69) is 35.0 Å². The van der Waals surface area contributed by atoms with Crippen LogP contribution in [0.1, 0.15) is 120 Å². The van der Waals surface area contributed by atoms with E-state index in [-0.39, 0.29) is 34.5 Å². The molecule has 4 aliphatic heterocycles. The fraction of sp³-hybridized carbons (Fsp3) is 0.591. The normalized spacial score (nSPS) is 21.3. The highest BCUT2D eigenvalue weighted by atomic mass is 32.2. The van der Waals surface area contributed by atoms with Crippen molar-refractivity contribution in [3.63, 3.8) is 0 Å². The summed E-state index contributed by atoms with van der Waals surface area (Å²) in [5, 5.41) is 15.3. The minimum absolute atomic E-state index is 0.0522. The quantitative estimate of drug-likeness (QED) is 0.127. The van der Waals surface area contributed by atoms with E-state index in [0.29, 0.717) is 35.4 Å². The Morgan fingerprint density at radius 3 is 2.20 bits per heavy atom. The zero-order valence-corrected chi connectivity index (χ0v) is 34.1. The van der Waals surface area contributed by atoms with E-state index in [9.17, 15) is 19.5 Å². The molecule has 2 N–H and O–H groups in total. The van der Waals surface area contributed by atoms with Gasteiger partial charge in [-0.2, -0.15) is 23.5 Å². The number of rotatable bonds is 16. The Labute approximate surface area is 330 Å². The fourth-order valence-electron chi connectivity index (χ4n) is 9.08. The van der Waals surface area contributed by atoms with Crippen LogP contribution >= 0.6 is 23.5 Å². The molecule has 1 aromatic carbocycles. The molecule has 0 atom stereocenters. The molecule has 0 radical (unpaired) electrons. The molecule has 290 valence electrons. The maximum Gasteiger partial charge on any atom is 0.247 e. The number of aliphatic imine (C=N–C) groups is 1. The van der Waals surface area contributed by atoms with E-state index < -0.39 is 0 Å². The van der Waals surface area contributed by atoms with Crippen molar-refractivity contribution >= 4 is 63.8 Å². The number of hydrogen-bond donors (Lipinski definition) is 2. The van der Waals surface area contributed by atoms with Gasteiger partial charge in [-0.15, -0.1) is 0 Å². The molecule has 0 saturated carbocycles. The third-order valence-electron chi connectivity index (χ3n) is 11.7. The van der Waals surface area contributed by atoms with Gasteiger partial charge in [-0.25, -0.2) is 4.99 Å². The lowest BCUT2D eigenvalue weighted by molar-refractivity contribution is -0.117. The molecule has 0 bridgehead atoms. The molecule has 1 fully saturated rings.